The maximum absolute atomic E-state index is 6.22. The summed E-state index contributed by atoms with van der Waals surface area (Å²) in [5, 5.41) is 0. The van der Waals surface area contributed by atoms with Crippen molar-refractivity contribution in [1.29, 1.82) is 0 Å². The lowest BCUT2D eigenvalue weighted by Crippen LogP contribution is -2.46. The second-order valence-electron chi connectivity index (χ2n) is 5.82. The molecule has 2 heteroatoms. The van der Waals surface area contributed by atoms with Crippen LogP contribution in [0.3, 0.4) is 0 Å². The summed E-state index contributed by atoms with van der Waals surface area (Å²) in [6.45, 7) is 9.21. The minimum Gasteiger partial charge on any atom is -0.327 e. The van der Waals surface area contributed by atoms with Crippen LogP contribution in [0.4, 0.5) is 0 Å². The van der Waals surface area contributed by atoms with Crippen LogP contribution in [-0.2, 0) is 0 Å². The van der Waals surface area contributed by atoms with Crippen LogP contribution >= 0.6 is 0 Å². The van der Waals surface area contributed by atoms with Gasteiger partial charge in [-0.05, 0) is 38.1 Å². The van der Waals surface area contributed by atoms with E-state index in [4.69, 9.17) is 5.73 Å². The summed E-state index contributed by atoms with van der Waals surface area (Å²) < 4.78 is 0. The predicted octanol–water partition coefficient (Wildman–Crippen LogP) is 3.01. The maximum Gasteiger partial charge on any atom is 0.0170 e. The van der Waals surface area contributed by atoms with Crippen molar-refractivity contribution < 1.29 is 0 Å². The molecule has 0 aromatic heterocycles. The second-order valence-corrected chi connectivity index (χ2v) is 5.82. The smallest absolute Gasteiger partial charge is 0.0170 e. The number of hydrogen-bond acceptors (Lipinski definition) is 2. The summed E-state index contributed by atoms with van der Waals surface area (Å²) in [5.41, 5.74) is 6.22. The Morgan fingerprint density at radius 2 is 2.06 bits per heavy atom. The van der Waals surface area contributed by atoms with Gasteiger partial charge in [0.05, 0.1) is 0 Å². The van der Waals surface area contributed by atoms with E-state index in [9.17, 15) is 0 Å². The molecule has 1 heterocycles. The van der Waals surface area contributed by atoms with Gasteiger partial charge in [0, 0.05) is 18.6 Å². The van der Waals surface area contributed by atoms with Gasteiger partial charge < -0.3 is 5.73 Å². The predicted molar refractivity (Wildman–Crippen MR) is 71.6 cm³/mol. The summed E-state index contributed by atoms with van der Waals surface area (Å²) in [4.78, 5) is 2.65. The third-order valence-corrected chi connectivity index (χ3v) is 3.61. The van der Waals surface area contributed by atoms with E-state index in [0.29, 0.717) is 6.04 Å². The van der Waals surface area contributed by atoms with Gasteiger partial charge >= 0.3 is 0 Å². The summed E-state index contributed by atoms with van der Waals surface area (Å²) >= 11 is 0. The summed E-state index contributed by atoms with van der Waals surface area (Å²) in [7, 11) is 0. The number of nitrogens with zero attached hydrogens (tertiary/aromatic N) is 1. The molecule has 96 valence electrons. The zero-order valence-electron chi connectivity index (χ0n) is 11.4. The molecule has 0 amide bonds. The van der Waals surface area contributed by atoms with Crippen LogP contribution in [0.15, 0.2) is 0 Å². The Kier molecular flexibility index (Phi) is 6.37. The highest BCUT2D eigenvalue weighted by Crippen LogP contribution is 2.21. The van der Waals surface area contributed by atoms with Crippen molar-refractivity contribution in [2.45, 2.75) is 71.4 Å². The molecule has 2 unspecified atom stereocenters. The van der Waals surface area contributed by atoms with Gasteiger partial charge in [-0.25, -0.2) is 0 Å². The number of hydrogen-bond donors (Lipinski definition) is 1. The molecule has 16 heavy (non-hydrogen) atoms. The molecule has 1 aliphatic rings. The Hall–Kier alpha value is -0.0800. The molecule has 0 aromatic carbocycles. The molecule has 0 radical (unpaired) electrons. The van der Waals surface area contributed by atoms with Gasteiger partial charge in [-0.1, -0.05) is 33.6 Å². The topological polar surface area (TPSA) is 29.3 Å². The Morgan fingerprint density at radius 3 is 2.69 bits per heavy atom. The fraction of sp³-hybridized carbons (Fsp3) is 1.00. The lowest BCUT2D eigenvalue weighted by atomic mass is 9.96. The van der Waals surface area contributed by atoms with E-state index in [1.54, 1.807) is 0 Å². The third kappa shape index (κ3) is 4.84. The van der Waals surface area contributed by atoms with Gasteiger partial charge in [-0.15, -0.1) is 0 Å². The van der Waals surface area contributed by atoms with Gasteiger partial charge in [0.1, 0.15) is 0 Å². The molecule has 1 rings (SSSR count). The van der Waals surface area contributed by atoms with Crippen LogP contribution in [0.25, 0.3) is 0 Å². The lowest BCUT2D eigenvalue weighted by molar-refractivity contribution is 0.127. The largest absolute Gasteiger partial charge is 0.327 e. The first kappa shape index (κ1) is 14.0. The van der Waals surface area contributed by atoms with E-state index in [0.717, 1.165) is 24.9 Å². The number of nitrogens with two attached hydrogens (primary N) is 1. The van der Waals surface area contributed by atoms with Gasteiger partial charge in [0.2, 0.25) is 0 Å². The molecule has 1 saturated heterocycles. The zero-order chi connectivity index (χ0) is 12.0. The van der Waals surface area contributed by atoms with Crippen molar-refractivity contribution in [1.82, 2.24) is 4.90 Å². The Balaban J connectivity index is 2.36. The molecule has 2 nitrogen and oxygen atoms in total. The van der Waals surface area contributed by atoms with Crippen molar-refractivity contribution in [3.05, 3.63) is 0 Å². The quantitative estimate of drug-likeness (QED) is 0.754. The van der Waals surface area contributed by atoms with E-state index in [1.165, 1.54) is 38.6 Å². The first-order valence-electron chi connectivity index (χ1n) is 7.13. The van der Waals surface area contributed by atoms with E-state index >= 15 is 0 Å². The molecule has 0 bridgehead atoms. The SMILES string of the molecule is CCCC1CCCCN1CC(N)CC(C)C. The van der Waals surface area contributed by atoms with E-state index in [1.807, 2.05) is 0 Å². The van der Waals surface area contributed by atoms with Crippen LogP contribution in [0.5, 0.6) is 0 Å². The molecule has 0 aliphatic carbocycles. The van der Waals surface area contributed by atoms with Crippen molar-refractivity contribution >= 4 is 0 Å². The average molecular weight is 226 g/mol. The molecule has 0 aromatic rings. The highest BCUT2D eigenvalue weighted by atomic mass is 15.2. The fourth-order valence-electron chi connectivity index (χ4n) is 2.94. The lowest BCUT2D eigenvalue weighted by Gasteiger charge is -2.37. The van der Waals surface area contributed by atoms with Crippen molar-refractivity contribution in [2.24, 2.45) is 11.7 Å². The van der Waals surface area contributed by atoms with Crippen molar-refractivity contribution in [2.75, 3.05) is 13.1 Å². The highest BCUT2D eigenvalue weighted by molar-refractivity contribution is 4.80. The molecule has 1 aliphatic heterocycles. The van der Waals surface area contributed by atoms with Crippen LogP contribution < -0.4 is 5.73 Å². The molecule has 1 fully saturated rings. The standard InChI is InChI=1S/C14H30N2/c1-4-7-14-8-5-6-9-16(14)11-13(15)10-12(2)3/h12-14H,4-11,15H2,1-3H3. The van der Waals surface area contributed by atoms with E-state index in [-0.39, 0.29) is 0 Å². The summed E-state index contributed by atoms with van der Waals surface area (Å²) in [6, 6.07) is 1.19. The molecular formula is C14H30N2. The zero-order valence-corrected chi connectivity index (χ0v) is 11.4. The first-order chi connectivity index (χ1) is 7.63. The van der Waals surface area contributed by atoms with Crippen LogP contribution in [-0.4, -0.2) is 30.1 Å². The molecule has 2 atom stereocenters. The average Bonchev–Trinajstić information content (AvgIpc) is 2.20. The van der Waals surface area contributed by atoms with Crippen LogP contribution in [0.1, 0.15) is 59.3 Å². The Labute approximate surface area is 102 Å². The van der Waals surface area contributed by atoms with Gasteiger partial charge in [0.15, 0.2) is 0 Å². The van der Waals surface area contributed by atoms with Crippen LogP contribution in [0, 0.1) is 5.92 Å². The highest BCUT2D eigenvalue weighted by Gasteiger charge is 2.23. The maximum atomic E-state index is 6.22. The Morgan fingerprint density at radius 1 is 1.31 bits per heavy atom. The molecule has 0 spiro atoms. The van der Waals surface area contributed by atoms with Crippen molar-refractivity contribution in [3.63, 3.8) is 0 Å². The van der Waals surface area contributed by atoms with E-state index < -0.39 is 0 Å². The summed E-state index contributed by atoms with van der Waals surface area (Å²) in [6.07, 6.45) is 8.00. The van der Waals surface area contributed by atoms with Crippen LogP contribution in [0.2, 0.25) is 0 Å². The minimum absolute atomic E-state index is 0.373. The summed E-state index contributed by atoms with van der Waals surface area (Å²) in [5.74, 6) is 0.726. The third-order valence-electron chi connectivity index (χ3n) is 3.61. The molecular weight excluding hydrogens is 196 g/mol. The van der Waals surface area contributed by atoms with Gasteiger partial charge in [0.25, 0.3) is 0 Å². The minimum atomic E-state index is 0.373. The first-order valence-corrected chi connectivity index (χ1v) is 7.13. The van der Waals surface area contributed by atoms with Crippen molar-refractivity contribution in [3.8, 4) is 0 Å². The number of rotatable bonds is 6. The van der Waals surface area contributed by atoms with E-state index in [2.05, 4.69) is 25.7 Å². The number of piperidine rings is 1. The molecule has 2 N–H and O–H groups in total. The second kappa shape index (κ2) is 7.29. The number of likely N-dealkylation sites (tertiary alicyclic amines) is 1. The monoisotopic (exact) mass is 226 g/mol. The molecule has 0 saturated carbocycles. The fourth-order valence-corrected chi connectivity index (χ4v) is 2.94. The Bertz CT molecular complexity index is 178. The van der Waals surface area contributed by atoms with Gasteiger partial charge in [-0.2, -0.15) is 0 Å². The normalized spacial score (nSPS) is 24.9. The van der Waals surface area contributed by atoms with Gasteiger partial charge in [-0.3, -0.25) is 4.90 Å².